The van der Waals surface area contributed by atoms with Gasteiger partial charge in [-0.2, -0.15) is 0 Å². The minimum absolute atomic E-state index is 0.103. The number of fused-ring (bicyclic) bond motifs is 1. The first-order valence-electron chi connectivity index (χ1n) is 14.4. The van der Waals surface area contributed by atoms with Crippen molar-refractivity contribution in [3.63, 3.8) is 0 Å². The molecule has 3 aromatic carbocycles. The Morgan fingerprint density at radius 3 is 2.26 bits per heavy atom. The third-order valence-corrected chi connectivity index (χ3v) is 7.96. The zero-order chi connectivity index (χ0) is 30.7. The van der Waals surface area contributed by atoms with Gasteiger partial charge >= 0.3 is 0 Å². The van der Waals surface area contributed by atoms with Crippen LogP contribution in [0.5, 0.6) is 23.0 Å². The first-order valence-corrected chi connectivity index (χ1v) is 14.4. The van der Waals surface area contributed by atoms with Gasteiger partial charge in [-0.15, -0.1) is 0 Å². The van der Waals surface area contributed by atoms with Crippen molar-refractivity contribution in [1.29, 1.82) is 0 Å². The predicted octanol–water partition coefficient (Wildman–Crippen LogP) is 4.72. The summed E-state index contributed by atoms with van der Waals surface area (Å²) in [5, 5.41) is 0.557. The second-order valence-electron chi connectivity index (χ2n) is 10.5. The molecule has 2 heterocycles. The number of ether oxygens (including phenoxy) is 4. The van der Waals surface area contributed by atoms with Crippen LogP contribution in [-0.4, -0.2) is 78.9 Å². The van der Waals surface area contributed by atoms with Gasteiger partial charge in [0, 0.05) is 31.2 Å². The highest BCUT2D eigenvalue weighted by molar-refractivity contribution is 5.96. The highest BCUT2D eigenvalue weighted by atomic mass is 16.5. The fraction of sp³-hybridized carbons (Fsp3) is 0.364. The maximum absolute atomic E-state index is 13.9. The first-order chi connectivity index (χ1) is 20.8. The number of amides is 1. The van der Waals surface area contributed by atoms with Gasteiger partial charge in [0.1, 0.15) is 11.6 Å². The van der Waals surface area contributed by atoms with Crippen LogP contribution in [0.15, 0.2) is 65.5 Å². The Morgan fingerprint density at radius 2 is 1.65 bits per heavy atom. The molecule has 5 rings (SSSR count). The van der Waals surface area contributed by atoms with E-state index < -0.39 is 0 Å². The Kier molecular flexibility index (Phi) is 8.86. The molecule has 10 heteroatoms. The lowest BCUT2D eigenvalue weighted by Crippen LogP contribution is -2.54. The van der Waals surface area contributed by atoms with Crippen LogP contribution >= 0.6 is 0 Å². The molecule has 2 unspecified atom stereocenters. The quantitative estimate of drug-likeness (QED) is 0.278. The average molecular weight is 587 g/mol. The average Bonchev–Trinajstić information content (AvgIpc) is 3.03. The molecule has 0 saturated carbocycles. The van der Waals surface area contributed by atoms with E-state index in [0.717, 1.165) is 11.4 Å². The van der Waals surface area contributed by atoms with E-state index in [1.54, 1.807) is 22.8 Å². The van der Waals surface area contributed by atoms with Crippen LogP contribution in [0.4, 0.5) is 0 Å². The van der Waals surface area contributed by atoms with Gasteiger partial charge in [0.05, 0.1) is 50.6 Å². The smallest absolute Gasteiger partial charge is 0.266 e. The zero-order valence-electron chi connectivity index (χ0n) is 25.5. The number of hydrogen-bond donors (Lipinski definition) is 0. The molecule has 1 aliphatic heterocycles. The Balaban J connectivity index is 1.44. The molecule has 226 valence electrons. The van der Waals surface area contributed by atoms with E-state index in [0.29, 0.717) is 65.8 Å². The summed E-state index contributed by atoms with van der Waals surface area (Å²) in [4.78, 5) is 36.7. The third kappa shape index (κ3) is 5.75. The fourth-order valence-electron chi connectivity index (χ4n) is 5.71. The molecule has 4 aromatic rings. The SMILES string of the molecule is CCOc1ccc(-n2c(C(C)N3CCN(C(=O)c4cc(OC)c(OC)c(OC)c4)C(C)C3)nc3ccccc3c2=O)cc1. The van der Waals surface area contributed by atoms with Crippen molar-refractivity contribution < 1.29 is 23.7 Å². The summed E-state index contributed by atoms with van der Waals surface area (Å²) < 4.78 is 23.7. The molecule has 1 aromatic heterocycles. The highest BCUT2D eigenvalue weighted by Crippen LogP contribution is 2.39. The minimum atomic E-state index is -0.204. The van der Waals surface area contributed by atoms with Crippen molar-refractivity contribution in [1.82, 2.24) is 19.4 Å². The number of rotatable bonds is 9. The Bertz CT molecular complexity index is 1640. The summed E-state index contributed by atoms with van der Waals surface area (Å²) in [5.74, 6) is 2.57. The van der Waals surface area contributed by atoms with E-state index in [9.17, 15) is 9.59 Å². The molecule has 1 amide bonds. The van der Waals surface area contributed by atoms with Crippen LogP contribution in [0.1, 0.15) is 43.0 Å². The van der Waals surface area contributed by atoms with Gasteiger partial charge in [0.15, 0.2) is 11.5 Å². The Hall–Kier alpha value is -4.57. The van der Waals surface area contributed by atoms with E-state index in [-0.39, 0.29) is 23.6 Å². The van der Waals surface area contributed by atoms with Crippen LogP contribution < -0.4 is 24.5 Å². The number of piperazine rings is 1. The van der Waals surface area contributed by atoms with Gasteiger partial charge in [0.2, 0.25) is 5.75 Å². The van der Waals surface area contributed by atoms with Gasteiger partial charge in [0.25, 0.3) is 11.5 Å². The molecule has 1 fully saturated rings. The van der Waals surface area contributed by atoms with Gasteiger partial charge in [-0.3, -0.25) is 19.1 Å². The zero-order valence-corrected chi connectivity index (χ0v) is 25.5. The van der Waals surface area contributed by atoms with Crippen LogP contribution in [0.25, 0.3) is 16.6 Å². The molecule has 1 aliphatic rings. The lowest BCUT2D eigenvalue weighted by Gasteiger charge is -2.42. The Labute approximate surface area is 251 Å². The summed E-state index contributed by atoms with van der Waals surface area (Å²) in [7, 11) is 4.59. The molecule has 1 saturated heterocycles. The number of benzene rings is 3. The van der Waals surface area contributed by atoms with E-state index in [1.165, 1.54) is 21.3 Å². The minimum Gasteiger partial charge on any atom is -0.494 e. The number of methoxy groups -OCH3 is 3. The van der Waals surface area contributed by atoms with Crippen molar-refractivity contribution in [2.75, 3.05) is 47.6 Å². The molecule has 0 radical (unpaired) electrons. The molecule has 0 spiro atoms. The van der Waals surface area contributed by atoms with E-state index in [4.69, 9.17) is 23.9 Å². The summed E-state index contributed by atoms with van der Waals surface area (Å²) in [6.45, 7) is 8.29. The lowest BCUT2D eigenvalue weighted by molar-refractivity contribution is 0.0393. The molecule has 43 heavy (non-hydrogen) atoms. The monoisotopic (exact) mass is 586 g/mol. The Morgan fingerprint density at radius 1 is 0.977 bits per heavy atom. The van der Waals surface area contributed by atoms with E-state index in [1.807, 2.05) is 61.2 Å². The molecule has 0 aliphatic carbocycles. The van der Waals surface area contributed by atoms with Gasteiger partial charge < -0.3 is 23.8 Å². The lowest BCUT2D eigenvalue weighted by atomic mass is 10.1. The number of carbonyl (C=O) groups is 1. The third-order valence-electron chi connectivity index (χ3n) is 7.96. The largest absolute Gasteiger partial charge is 0.494 e. The summed E-state index contributed by atoms with van der Waals surface area (Å²) in [5.41, 5.74) is 1.71. The van der Waals surface area contributed by atoms with Crippen molar-refractivity contribution in [2.24, 2.45) is 0 Å². The molecule has 10 nitrogen and oxygen atoms in total. The van der Waals surface area contributed by atoms with Crippen molar-refractivity contribution in [3.8, 4) is 28.7 Å². The molecule has 0 N–H and O–H groups in total. The number of nitrogens with zero attached hydrogens (tertiary/aromatic N) is 4. The van der Waals surface area contributed by atoms with E-state index >= 15 is 0 Å². The number of carbonyl (C=O) groups excluding carboxylic acids is 1. The van der Waals surface area contributed by atoms with Crippen molar-refractivity contribution in [3.05, 3.63) is 82.4 Å². The van der Waals surface area contributed by atoms with Crippen LogP contribution in [-0.2, 0) is 0 Å². The molecule has 0 bridgehead atoms. The predicted molar refractivity (Wildman–Crippen MR) is 165 cm³/mol. The van der Waals surface area contributed by atoms with Crippen molar-refractivity contribution >= 4 is 16.8 Å². The highest BCUT2D eigenvalue weighted by Gasteiger charge is 2.33. The van der Waals surface area contributed by atoms with Crippen LogP contribution in [0.2, 0.25) is 0 Å². The van der Waals surface area contributed by atoms with Crippen molar-refractivity contribution in [2.45, 2.75) is 32.9 Å². The maximum Gasteiger partial charge on any atom is 0.266 e. The van der Waals surface area contributed by atoms with Crippen LogP contribution in [0.3, 0.4) is 0 Å². The maximum atomic E-state index is 13.9. The number of hydrogen-bond acceptors (Lipinski definition) is 8. The molecular weight excluding hydrogens is 548 g/mol. The van der Waals surface area contributed by atoms with Crippen LogP contribution in [0, 0.1) is 0 Å². The molecule has 2 atom stereocenters. The number of aromatic nitrogens is 2. The number of para-hydroxylation sites is 1. The standard InChI is InChI=1S/C33H38N4O6/c1-7-43-25-14-12-24(13-15-25)37-31(34-27-11-9-8-10-26(27)33(37)39)22(3)35-16-17-36(21(2)20-35)32(38)23-18-28(40-4)30(42-6)29(19-23)41-5/h8-15,18-19,21-22H,7,16-17,20H2,1-6H3. The second kappa shape index (κ2) is 12.7. The van der Waals surface area contributed by atoms with Gasteiger partial charge in [-0.05, 0) is 69.3 Å². The summed E-state index contributed by atoms with van der Waals surface area (Å²) in [6.07, 6.45) is 0. The first kappa shape index (κ1) is 29.9. The van der Waals surface area contributed by atoms with E-state index in [2.05, 4.69) is 11.8 Å². The topological polar surface area (TPSA) is 95.4 Å². The van der Waals surface area contributed by atoms with Gasteiger partial charge in [-0.25, -0.2) is 4.98 Å². The fourth-order valence-corrected chi connectivity index (χ4v) is 5.71. The normalized spacial score (nSPS) is 16.1. The molecular formula is C33H38N4O6. The second-order valence-corrected chi connectivity index (χ2v) is 10.5. The summed E-state index contributed by atoms with van der Waals surface area (Å²) >= 11 is 0. The van der Waals surface area contributed by atoms with Gasteiger partial charge in [-0.1, -0.05) is 12.1 Å². The summed E-state index contributed by atoms with van der Waals surface area (Å²) in [6, 6.07) is 18.0.